The number of nitrogens with zero attached hydrogens (tertiary/aromatic N) is 3. The number of piperazine rings is 1. The topological polar surface area (TPSA) is 82.2 Å². The van der Waals surface area contributed by atoms with Gasteiger partial charge in [-0.1, -0.05) is 0 Å². The molecule has 2 heterocycles. The Balaban J connectivity index is 1.44. The van der Waals surface area contributed by atoms with Crippen molar-refractivity contribution in [2.45, 2.75) is 25.7 Å². The van der Waals surface area contributed by atoms with Crippen LogP contribution in [0.2, 0.25) is 0 Å². The molecule has 1 aromatic carbocycles. The molecule has 1 aromatic rings. The minimum atomic E-state index is -0.00446. The molecular formula is C22H32N4O4. The summed E-state index contributed by atoms with van der Waals surface area (Å²) in [6.45, 7) is 4.90. The molecule has 164 valence electrons. The Hall–Kier alpha value is -2.45. The zero-order chi connectivity index (χ0) is 21.3. The predicted octanol–water partition coefficient (Wildman–Crippen LogP) is 1.11. The lowest BCUT2D eigenvalue weighted by molar-refractivity contribution is -0.122. The quantitative estimate of drug-likeness (QED) is 0.642. The molecule has 0 unspecified atom stereocenters. The Labute approximate surface area is 178 Å². The molecular weight excluding hydrogens is 384 g/mol. The Morgan fingerprint density at radius 3 is 2.43 bits per heavy atom. The first-order valence-corrected chi connectivity index (χ1v) is 10.8. The molecule has 2 saturated heterocycles. The van der Waals surface area contributed by atoms with Crippen LogP contribution in [0.15, 0.2) is 24.3 Å². The van der Waals surface area contributed by atoms with Crippen molar-refractivity contribution in [3.63, 3.8) is 0 Å². The number of carbonyl (C=O) groups excluding carboxylic acids is 3. The van der Waals surface area contributed by atoms with Gasteiger partial charge in [-0.25, -0.2) is 0 Å². The Morgan fingerprint density at radius 1 is 1.03 bits per heavy atom. The van der Waals surface area contributed by atoms with E-state index in [4.69, 9.17) is 4.74 Å². The molecule has 0 atom stereocenters. The Bertz CT molecular complexity index is 729. The van der Waals surface area contributed by atoms with Crippen molar-refractivity contribution in [1.82, 2.24) is 15.1 Å². The number of rotatable bonds is 8. The molecule has 0 saturated carbocycles. The number of piperidine rings is 1. The summed E-state index contributed by atoms with van der Waals surface area (Å²) in [5.41, 5.74) is 1.49. The van der Waals surface area contributed by atoms with E-state index in [0.29, 0.717) is 57.9 Å². The van der Waals surface area contributed by atoms with Crippen LogP contribution in [0.5, 0.6) is 0 Å². The van der Waals surface area contributed by atoms with Gasteiger partial charge in [-0.15, -0.1) is 0 Å². The summed E-state index contributed by atoms with van der Waals surface area (Å²) in [6, 6.07) is 7.33. The van der Waals surface area contributed by atoms with E-state index >= 15 is 0 Å². The third-order valence-electron chi connectivity index (χ3n) is 5.62. The fourth-order valence-electron chi connectivity index (χ4n) is 3.86. The first kappa shape index (κ1) is 22.2. The second-order valence-corrected chi connectivity index (χ2v) is 7.81. The van der Waals surface area contributed by atoms with Gasteiger partial charge >= 0.3 is 0 Å². The fraction of sp³-hybridized carbons (Fsp3) is 0.591. The van der Waals surface area contributed by atoms with Gasteiger partial charge in [-0.05, 0) is 43.5 Å². The number of benzene rings is 1. The largest absolute Gasteiger partial charge is 0.385 e. The number of hydrogen-bond donors (Lipinski definition) is 1. The molecule has 30 heavy (non-hydrogen) atoms. The molecule has 3 amide bonds. The zero-order valence-electron chi connectivity index (χ0n) is 17.8. The van der Waals surface area contributed by atoms with E-state index in [-0.39, 0.29) is 17.7 Å². The minimum Gasteiger partial charge on any atom is -0.385 e. The highest BCUT2D eigenvalue weighted by molar-refractivity contribution is 5.97. The number of amides is 3. The first-order chi connectivity index (χ1) is 14.6. The van der Waals surface area contributed by atoms with Gasteiger partial charge in [0.1, 0.15) is 0 Å². The fourth-order valence-corrected chi connectivity index (χ4v) is 3.86. The van der Waals surface area contributed by atoms with Crippen molar-refractivity contribution in [2.24, 2.45) is 0 Å². The maximum absolute atomic E-state index is 12.8. The van der Waals surface area contributed by atoms with Gasteiger partial charge in [0.05, 0.1) is 6.54 Å². The summed E-state index contributed by atoms with van der Waals surface area (Å²) in [7, 11) is 1.65. The number of anilines is 1. The third kappa shape index (κ3) is 6.03. The number of hydrogen-bond acceptors (Lipinski definition) is 5. The van der Waals surface area contributed by atoms with Crippen molar-refractivity contribution in [1.29, 1.82) is 0 Å². The summed E-state index contributed by atoms with van der Waals surface area (Å²) in [6.07, 6.45) is 3.36. The van der Waals surface area contributed by atoms with Gasteiger partial charge in [0.25, 0.3) is 5.91 Å². The molecule has 2 aliphatic heterocycles. The highest BCUT2D eigenvalue weighted by Gasteiger charge is 2.24. The highest BCUT2D eigenvalue weighted by Crippen LogP contribution is 2.22. The summed E-state index contributed by atoms with van der Waals surface area (Å²) in [5, 5.41) is 2.89. The second-order valence-electron chi connectivity index (χ2n) is 7.81. The van der Waals surface area contributed by atoms with Crippen molar-refractivity contribution in [3.05, 3.63) is 29.8 Å². The van der Waals surface area contributed by atoms with Gasteiger partial charge in [0.15, 0.2) is 0 Å². The van der Waals surface area contributed by atoms with Gasteiger partial charge in [-0.2, -0.15) is 0 Å². The van der Waals surface area contributed by atoms with Crippen molar-refractivity contribution in [2.75, 3.05) is 64.4 Å². The SMILES string of the molecule is COCCCNC(=O)CN1CCN(C(=O)c2ccc(N3CCCCC3=O)cc2)CC1. The molecule has 3 rings (SSSR count). The van der Waals surface area contributed by atoms with Crippen LogP contribution in [-0.4, -0.2) is 87.1 Å². The normalized spacial score (nSPS) is 17.8. The number of carbonyl (C=O) groups is 3. The van der Waals surface area contributed by atoms with Crippen LogP contribution in [-0.2, 0) is 14.3 Å². The molecule has 2 aliphatic rings. The standard InChI is InChI=1S/C22H32N4O4/c1-30-16-4-10-23-20(27)17-24-12-14-25(15-13-24)22(29)18-6-8-19(9-7-18)26-11-3-2-5-21(26)28/h6-9H,2-5,10-17H2,1H3,(H,23,27). The van der Waals surface area contributed by atoms with Crippen molar-refractivity contribution >= 4 is 23.4 Å². The van der Waals surface area contributed by atoms with E-state index in [1.165, 1.54) is 0 Å². The predicted molar refractivity (Wildman–Crippen MR) is 114 cm³/mol. The number of methoxy groups -OCH3 is 1. The Kier molecular flexibility index (Phi) is 8.21. The van der Waals surface area contributed by atoms with E-state index in [9.17, 15) is 14.4 Å². The molecule has 8 heteroatoms. The van der Waals surface area contributed by atoms with E-state index in [0.717, 1.165) is 31.5 Å². The van der Waals surface area contributed by atoms with Gasteiger partial charge in [-0.3, -0.25) is 19.3 Å². The molecule has 0 bridgehead atoms. The van der Waals surface area contributed by atoms with Gasteiger partial charge in [0, 0.05) is 70.7 Å². The van der Waals surface area contributed by atoms with Crippen molar-refractivity contribution in [3.8, 4) is 0 Å². The van der Waals surface area contributed by atoms with Crippen LogP contribution in [0.4, 0.5) is 5.69 Å². The highest BCUT2D eigenvalue weighted by atomic mass is 16.5. The lowest BCUT2D eigenvalue weighted by Gasteiger charge is -2.34. The van der Waals surface area contributed by atoms with E-state index in [1.54, 1.807) is 24.1 Å². The average Bonchev–Trinajstić information content (AvgIpc) is 2.77. The maximum atomic E-state index is 12.8. The van der Waals surface area contributed by atoms with Crippen LogP contribution in [0.25, 0.3) is 0 Å². The molecule has 0 aliphatic carbocycles. The minimum absolute atomic E-state index is 0.00446. The molecule has 2 fully saturated rings. The van der Waals surface area contributed by atoms with Gasteiger partial charge < -0.3 is 19.9 Å². The lowest BCUT2D eigenvalue weighted by Crippen LogP contribution is -2.51. The zero-order valence-corrected chi connectivity index (χ0v) is 17.8. The number of nitrogens with one attached hydrogen (secondary N) is 1. The van der Waals surface area contributed by atoms with Crippen LogP contribution in [0, 0.1) is 0 Å². The molecule has 0 radical (unpaired) electrons. The molecule has 8 nitrogen and oxygen atoms in total. The first-order valence-electron chi connectivity index (χ1n) is 10.8. The summed E-state index contributed by atoms with van der Waals surface area (Å²) >= 11 is 0. The smallest absolute Gasteiger partial charge is 0.253 e. The average molecular weight is 417 g/mol. The van der Waals surface area contributed by atoms with E-state index in [1.807, 2.05) is 17.0 Å². The third-order valence-corrected chi connectivity index (χ3v) is 5.62. The van der Waals surface area contributed by atoms with Gasteiger partial charge in [0.2, 0.25) is 11.8 Å². The van der Waals surface area contributed by atoms with E-state index < -0.39 is 0 Å². The lowest BCUT2D eigenvalue weighted by atomic mass is 10.1. The van der Waals surface area contributed by atoms with Crippen LogP contribution in [0.1, 0.15) is 36.0 Å². The second kappa shape index (κ2) is 11.1. The molecule has 0 spiro atoms. The summed E-state index contributed by atoms with van der Waals surface area (Å²) < 4.78 is 4.97. The monoisotopic (exact) mass is 416 g/mol. The molecule has 0 aromatic heterocycles. The van der Waals surface area contributed by atoms with Crippen LogP contribution >= 0.6 is 0 Å². The molecule has 1 N–H and O–H groups in total. The summed E-state index contributed by atoms with van der Waals surface area (Å²) in [4.78, 5) is 42.6. The van der Waals surface area contributed by atoms with Crippen molar-refractivity contribution < 1.29 is 19.1 Å². The maximum Gasteiger partial charge on any atom is 0.253 e. The van der Waals surface area contributed by atoms with Crippen LogP contribution in [0.3, 0.4) is 0 Å². The summed E-state index contributed by atoms with van der Waals surface area (Å²) in [5.74, 6) is 0.156. The number of ether oxygens (including phenoxy) is 1. The van der Waals surface area contributed by atoms with Crippen LogP contribution < -0.4 is 10.2 Å². The Morgan fingerprint density at radius 2 is 1.77 bits per heavy atom. The van der Waals surface area contributed by atoms with E-state index in [2.05, 4.69) is 10.2 Å².